The SMILES string of the molecule is CCc1ccc2[nH]c(=O)c([C@@H](c3nnnn3C(C)(C)CC)N3CCN(Cc4ccc5c(c4)OCO5)CC3)cc2c1. The van der Waals surface area contributed by atoms with Gasteiger partial charge in [0.1, 0.15) is 6.04 Å². The maximum absolute atomic E-state index is 13.6. The zero-order chi connectivity index (χ0) is 27.9. The first-order valence-electron chi connectivity index (χ1n) is 14.2. The lowest BCUT2D eigenvalue weighted by atomic mass is 9.98. The first-order valence-corrected chi connectivity index (χ1v) is 14.2. The van der Waals surface area contributed by atoms with Gasteiger partial charge in [0.05, 0.1) is 5.54 Å². The molecule has 1 N–H and O–H groups in total. The van der Waals surface area contributed by atoms with Crippen molar-refractivity contribution in [3.63, 3.8) is 0 Å². The van der Waals surface area contributed by atoms with Crippen LogP contribution < -0.4 is 15.0 Å². The molecule has 0 bridgehead atoms. The Labute approximate surface area is 233 Å². The molecule has 6 rings (SSSR count). The number of tetrazole rings is 1. The zero-order valence-electron chi connectivity index (χ0n) is 23.7. The maximum atomic E-state index is 13.6. The van der Waals surface area contributed by atoms with Crippen molar-refractivity contribution in [3.05, 3.63) is 75.3 Å². The van der Waals surface area contributed by atoms with E-state index in [-0.39, 0.29) is 23.9 Å². The van der Waals surface area contributed by atoms with Crippen LogP contribution in [0.5, 0.6) is 11.5 Å². The highest BCUT2D eigenvalue weighted by molar-refractivity contribution is 5.80. The average Bonchev–Trinajstić information content (AvgIpc) is 3.64. The van der Waals surface area contributed by atoms with E-state index in [4.69, 9.17) is 9.47 Å². The lowest BCUT2D eigenvalue weighted by Gasteiger charge is -2.39. The first-order chi connectivity index (χ1) is 19.4. The molecule has 1 atom stereocenters. The largest absolute Gasteiger partial charge is 0.454 e. The van der Waals surface area contributed by atoms with Crippen molar-refractivity contribution in [2.24, 2.45) is 0 Å². The number of ether oxygens (including phenoxy) is 2. The summed E-state index contributed by atoms with van der Waals surface area (Å²) >= 11 is 0. The number of hydrogen-bond donors (Lipinski definition) is 1. The Bertz CT molecular complexity index is 1570. The van der Waals surface area contributed by atoms with Gasteiger partial charge in [-0.25, -0.2) is 4.68 Å². The highest BCUT2D eigenvalue weighted by Gasteiger charge is 2.35. The molecule has 4 aromatic rings. The smallest absolute Gasteiger partial charge is 0.253 e. The summed E-state index contributed by atoms with van der Waals surface area (Å²) < 4.78 is 12.9. The van der Waals surface area contributed by atoms with E-state index >= 15 is 0 Å². The van der Waals surface area contributed by atoms with Crippen molar-refractivity contribution in [2.45, 2.75) is 58.7 Å². The van der Waals surface area contributed by atoms with E-state index in [9.17, 15) is 4.79 Å². The van der Waals surface area contributed by atoms with Gasteiger partial charge in [0.25, 0.3) is 5.56 Å². The molecule has 2 aliphatic rings. The molecular weight excluding hydrogens is 506 g/mol. The number of benzene rings is 2. The van der Waals surface area contributed by atoms with Gasteiger partial charge in [0.15, 0.2) is 17.3 Å². The summed E-state index contributed by atoms with van der Waals surface area (Å²) in [7, 11) is 0. The molecule has 2 aliphatic heterocycles. The van der Waals surface area contributed by atoms with Crippen LogP contribution in [-0.4, -0.2) is 68.0 Å². The Balaban J connectivity index is 1.32. The second-order valence-corrected chi connectivity index (χ2v) is 11.3. The van der Waals surface area contributed by atoms with Gasteiger partial charge in [0.2, 0.25) is 6.79 Å². The van der Waals surface area contributed by atoms with Gasteiger partial charge in [-0.05, 0) is 84.0 Å². The molecule has 2 aromatic heterocycles. The van der Waals surface area contributed by atoms with Crippen LogP contribution in [0, 0.1) is 0 Å². The third kappa shape index (κ3) is 4.97. The maximum Gasteiger partial charge on any atom is 0.253 e. The lowest BCUT2D eigenvalue weighted by Crippen LogP contribution is -2.49. The minimum Gasteiger partial charge on any atom is -0.454 e. The van der Waals surface area contributed by atoms with Gasteiger partial charge in [-0.2, -0.15) is 0 Å². The Hall–Kier alpha value is -3.76. The van der Waals surface area contributed by atoms with Crippen molar-refractivity contribution in [1.82, 2.24) is 35.0 Å². The summed E-state index contributed by atoms with van der Waals surface area (Å²) in [6.07, 6.45) is 1.79. The number of rotatable bonds is 8. The standard InChI is InChI=1S/C30H37N7O3/c1-5-20-7-9-24-22(15-20)17-23(29(38)31-24)27(28-32-33-34-37(28)30(3,4)6-2)36-13-11-35(12-14-36)18-21-8-10-25-26(16-21)40-19-39-25/h7-10,15-17,27H,5-6,11-14,18-19H2,1-4H3,(H,31,38)/t27-/m0/s1. The van der Waals surface area contributed by atoms with Crippen molar-refractivity contribution in [2.75, 3.05) is 33.0 Å². The summed E-state index contributed by atoms with van der Waals surface area (Å²) in [5.41, 5.74) is 3.54. The summed E-state index contributed by atoms with van der Waals surface area (Å²) in [4.78, 5) is 21.5. The molecule has 0 spiro atoms. The van der Waals surface area contributed by atoms with E-state index in [2.05, 4.69) is 82.3 Å². The number of aromatic amines is 1. The first kappa shape index (κ1) is 26.5. The Morgan fingerprint density at radius 1 is 0.975 bits per heavy atom. The summed E-state index contributed by atoms with van der Waals surface area (Å²) in [6.45, 7) is 12.9. The van der Waals surface area contributed by atoms with Crippen LogP contribution in [0.4, 0.5) is 0 Å². The monoisotopic (exact) mass is 543 g/mol. The van der Waals surface area contributed by atoms with E-state index in [1.165, 1.54) is 11.1 Å². The van der Waals surface area contributed by atoms with Crippen molar-refractivity contribution >= 4 is 10.9 Å². The van der Waals surface area contributed by atoms with Crippen LogP contribution >= 0.6 is 0 Å². The van der Waals surface area contributed by atoms with E-state index in [1.807, 2.05) is 22.9 Å². The number of nitrogens with zero attached hydrogens (tertiary/aromatic N) is 6. The molecule has 2 aromatic carbocycles. The fourth-order valence-electron chi connectivity index (χ4n) is 5.62. The normalized spacial score (nSPS) is 17.0. The molecule has 0 aliphatic carbocycles. The molecule has 0 saturated carbocycles. The fourth-order valence-corrected chi connectivity index (χ4v) is 5.62. The van der Waals surface area contributed by atoms with Gasteiger partial charge in [-0.3, -0.25) is 14.6 Å². The number of aromatic nitrogens is 5. The minimum atomic E-state index is -0.369. The molecule has 4 heterocycles. The van der Waals surface area contributed by atoms with Crippen molar-refractivity contribution in [1.29, 1.82) is 0 Å². The minimum absolute atomic E-state index is 0.103. The lowest BCUT2D eigenvalue weighted by molar-refractivity contribution is 0.0968. The number of nitrogens with one attached hydrogen (secondary N) is 1. The highest BCUT2D eigenvalue weighted by Crippen LogP contribution is 2.34. The fraction of sp³-hybridized carbons (Fsp3) is 0.467. The average molecular weight is 544 g/mol. The molecule has 0 radical (unpaired) electrons. The molecule has 10 heteroatoms. The number of H-pyrrole nitrogens is 1. The highest BCUT2D eigenvalue weighted by atomic mass is 16.7. The quantitative estimate of drug-likeness (QED) is 0.358. The van der Waals surface area contributed by atoms with E-state index in [0.29, 0.717) is 11.4 Å². The molecule has 10 nitrogen and oxygen atoms in total. The Morgan fingerprint density at radius 2 is 1.75 bits per heavy atom. The molecule has 1 saturated heterocycles. The summed E-state index contributed by atoms with van der Waals surface area (Å²) in [5.74, 6) is 2.31. The molecular formula is C30H37N7O3. The number of fused-ring (bicyclic) bond motifs is 2. The van der Waals surface area contributed by atoms with Gasteiger partial charge in [-0.15, -0.1) is 5.10 Å². The van der Waals surface area contributed by atoms with Crippen molar-refractivity contribution in [3.8, 4) is 11.5 Å². The van der Waals surface area contributed by atoms with E-state index < -0.39 is 0 Å². The van der Waals surface area contributed by atoms with Crippen LogP contribution in [0.1, 0.15) is 62.7 Å². The predicted octanol–water partition coefficient (Wildman–Crippen LogP) is 3.86. The third-order valence-electron chi connectivity index (χ3n) is 8.43. The topological polar surface area (TPSA) is 101 Å². The number of pyridine rings is 1. The summed E-state index contributed by atoms with van der Waals surface area (Å²) in [6, 6.07) is 14.0. The molecule has 0 unspecified atom stereocenters. The third-order valence-corrected chi connectivity index (χ3v) is 8.43. The van der Waals surface area contributed by atoms with E-state index in [1.54, 1.807) is 0 Å². The van der Waals surface area contributed by atoms with E-state index in [0.717, 1.165) is 68.0 Å². The second kappa shape index (κ2) is 10.7. The van der Waals surface area contributed by atoms with Crippen molar-refractivity contribution < 1.29 is 9.47 Å². The van der Waals surface area contributed by atoms with Gasteiger partial charge in [0, 0.05) is 43.8 Å². The number of piperazine rings is 1. The van der Waals surface area contributed by atoms with Crippen LogP contribution in [-0.2, 0) is 18.5 Å². The Morgan fingerprint density at radius 3 is 2.52 bits per heavy atom. The number of aryl methyl sites for hydroxylation is 1. The predicted molar refractivity (Wildman–Crippen MR) is 153 cm³/mol. The van der Waals surface area contributed by atoms with Crippen LogP contribution in [0.3, 0.4) is 0 Å². The molecule has 0 amide bonds. The van der Waals surface area contributed by atoms with Gasteiger partial charge < -0.3 is 14.5 Å². The zero-order valence-corrected chi connectivity index (χ0v) is 23.7. The van der Waals surface area contributed by atoms with Crippen LogP contribution in [0.15, 0.2) is 47.3 Å². The molecule has 210 valence electrons. The number of hydrogen-bond acceptors (Lipinski definition) is 8. The summed E-state index contributed by atoms with van der Waals surface area (Å²) in [5, 5.41) is 14.0. The Kier molecular flexibility index (Phi) is 7.06. The molecule has 1 fully saturated rings. The van der Waals surface area contributed by atoms with Crippen LogP contribution in [0.25, 0.3) is 10.9 Å². The second-order valence-electron chi connectivity index (χ2n) is 11.3. The van der Waals surface area contributed by atoms with Gasteiger partial charge in [-0.1, -0.05) is 26.0 Å². The van der Waals surface area contributed by atoms with Crippen LogP contribution in [0.2, 0.25) is 0 Å². The van der Waals surface area contributed by atoms with Gasteiger partial charge >= 0.3 is 0 Å². The molecule has 40 heavy (non-hydrogen) atoms.